The molecule has 0 spiro atoms. The number of halogens is 2. The van der Waals surface area contributed by atoms with Gasteiger partial charge >= 0.3 is 0 Å². The van der Waals surface area contributed by atoms with E-state index in [0.29, 0.717) is 34.9 Å². The first kappa shape index (κ1) is 14.9. The predicted octanol–water partition coefficient (Wildman–Crippen LogP) is 2.92. The zero-order valence-electron chi connectivity index (χ0n) is 11.6. The molecule has 2 aliphatic rings. The van der Waals surface area contributed by atoms with Crippen LogP contribution in [0.3, 0.4) is 0 Å². The fourth-order valence-electron chi connectivity index (χ4n) is 3.29. The topological polar surface area (TPSA) is 64.4 Å². The average Bonchev–Trinajstić information content (AvgIpc) is 3.10. The molecule has 1 unspecified atom stereocenters. The maximum atomic E-state index is 12.5. The molecule has 3 rings (SSSR count). The second kappa shape index (κ2) is 6.03. The van der Waals surface area contributed by atoms with Gasteiger partial charge in [0.1, 0.15) is 17.4 Å². The summed E-state index contributed by atoms with van der Waals surface area (Å²) in [5, 5.41) is 3.94. The Morgan fingerprint density at radius 1 is 1.38 bits per heavy atom. The molecule has 1 fully saturated rings. The lowest BCUT2D eigenvalue weighted by Gasteiger charge is -2.20. The second-order valence-electron chi connectivity index (χ2n) is 5.69. The van der Waals surface area contributed by atoms with Crippen LogP contribution >= 0.6 is 23.2 Å². The van der Waals surface area contributed by atoms with Gasteiger partial charge in [0.25, 0.3) is 0 Å². The number of rotatable bonds is 3. The van der Waals surface area contributed by atoms with E-state index in [9.17, 15) is 4.79 Å². The standard InChI is InChI=1S/C15H18Cl2N2O2/c16-11-5-4-10-12(7-21-14(10)13(11)17)19-15(20)9-3-1-2-8(9)6-18/h4-5,8-9,12H,1-3,6-7,18H2,(H,19,20)/t8-,9-,12?/m1/s1. The van der Waals surface area contributed by atoms with Crippen molar-refractivity contribution in [3.8, 4) is 5.75 Å². The molecule has 6 heteroatoms. The van der Waals surface area contributed by atoms with Crippen molar-refractivity contribution in [3.63, 3.8) is 0 Å². The quantitative estimate of drug-likeness (QED) is 0.896. The van der Waals surface area contributed by atoms with Crippen LogP contribution < -0.4 is 15.8 Å². The minimum Gasteiger partial charge on any atom is -0.489 e. The minimum atomic E-state index is -0.165. The number of nitrogens with two attached hydrogens (primary N) is 1. The summed E-state index contributed by atoms with van der Waals surface area (Å²) >= 11 is 12.1. The number of ether oxygens (including phenoxy) is 1. The van der Waals surface area contributed by atoms with Gasteiger partial charge in [0, 0.05) is 11.5 Å². The van der Waals surface area contributed by atoms with Crippen LogP contribution in [0.4, 0.5) is 0 Å². The van der Waals surface area contributed by atoms with Gasteiger partial charge in [0.15, 0.2) is 0 Å². The third-order valence-corrected chi connectivity index (χ3v) is 5.25. The highest BCUT2D eigenvalue weighted by molar-refractivity contribution is 6.43. The summed E-state index contributed by atoms with van der Waals surface area (Å²) in [6.07, 6.45) is 3.02. The summed E-state index contributed by atoms with van der Waals surface area (Å²) in [4.78, 5) is 12.5. The number of hydrogen-bond donors (Lipinski definition) is 2. The van der Waals surface area contributed by atoms with Gasteiger partial charge in [-0.1, -0.05) is 35.7 Å². The van der Waals surface area contributed by atoms with E-state index in [1.165, 1.54) is 0 Å². The number of benzene rings is 1. The molecule has 1 saturated carbocycles. The fourth-order valence-corrected chi connectivity index (χ4v) is 3.66. The van der Waals surface area contributed by atoms with Crippen LogP contribution in [0.25, 0.3) is 0 Å². The first-order valence-electron chi connectivity index (χ1n) is 7.23. The van der Waals surface area contributed by atoms with E-state index in [-0.39, 0.29) is 17.9 Å². The zero-order valence-corrected chi connectivity index (χ0v) is 13.1. The van der Waals surface area contributed by atoms with Crippen molar-refractivity contribution in [1.29, 1.82) is 0 Å². The molecule has 1 heterocycles. The summed E-state index contributed by atoms with van der Waals surface area (Å²) < 4.78 is 5.58. The third kappa shape index (κ3) is 2.72. The maximum absolute atomic E-state index is 12.5. The molecule has 1 aromatic rings. The molecule has 0 saturated heterocycles. The number of nitrogens with one attached hydrogen (secondary N) is 1. The van der Waals surface area contributed by atoms with E-state index in [1.54, 1.807) is 6.07 Å². The van der Waals surface area contributed by atoms with Gasteiger partial charge in [-0.3, -0.25) is 4.79 Å². The van der Waals surface area contributed by atoms with E-state index >= 15 is 0 Å². The number of hydrogen-bond acceptors (Lipinski definition) is 3. The number of carbonyl (C=O) groups excluding carboxylic acids is 1. The van der Waals surface area contributed by atoms with Crippen molar-refractivity contribution in [1.82, 2.24) is 5.32 Å². The van der Waals surface area contributed by atoms with E-state index < -0.39 is 0 Å². The fraction of sp³-hybridized carbons (Fsp3) is 0.533. The first-order valence-corrected chi connectivity index (χ1v) is 7.98. The van der Waals surface area contributed by atoms with E-state index in [1.807, 2.05) is 6.07 Å². The zero-order chi connectivity index (χ0) is 15.0. The van der Waals surface area contributed by atoms with Crippen molar-refractivity contribution < 1.29 is 9.53 Å². The molecule has 21 heavy (non-hydrogen) atoms. The largest absolute Gasteiger partial charge is 0.489 e. The Morgan fingerprint density at radius 3 is 2.95 bits per heavy atom. The Morgan fingerprint density at radius 2 is 2.19 bits per heavy atom. The highest BCUT2D eigenvalue weighted by Gasteiger charge is 2.35. The second-order valence-corrected chi connectivity index (χ2v) is 6.47. The molecule has 4 nitrogen and oxygen atoms in total. The summed E-state index contributed by atoms with van der Waals surface area (Å²) in [5.41, 5.74) is 6.64. The maximum Gasteiger partial charge on any atom is 0.224 e. The highest BCUT2D eigenvalue weighted by Crippen LogP contribution is 2.42. The summed E-state index contributed by atoms with van der Waals surface area (Å²) in [6.45, 7) is 0.957. The SMILES string of the molecule is NC[C@H]1CCC[C@H]1C(=O)NC1COc2c1ccc(Cl)c2Cl. The lowest BCUT2D eigenvalue weighted by Crippen LogP contribution is -2.37. The summed E-state index contributed by atoms with van der Waals surface area (Å²) in [5.74, 6) is 0.953. The van der Waals surface area contributed by atoms with E-state index in [4.69, 9.17) is 33.7 Å². The van der Waals surface area contributed by atoms with Gasteiger partial charge in [-0.2, -0.15) is 0 Å². The molecule has 3 atom stereocenters. The highest BCUT2D eigenvalue weighted by atomic mass is 35.5. The molecule has 0 aromatic heterocycles. The first-order chi connectivity index (χ1) is 10.1. The Kier molecular flexibility index (Phi) is 4.29. The molecule has 3 N–H and O–H groups in total. The number of carbonyl (C=O) groups is 1. The van der Waals surface area contributed by atoms with Crippen LogP contribution in [-0.4, -0.2) is 19.1 Å². The molecule has 0 radical (unpaired) electrons. The lowest BCUT2D eigenvalue weighted by molar-refractivity contribution is -0.126. The Balaban J connectivity index is 1.74. The van der Waals surface area contributed by atoms with E-state index in [2.05, 4.69) is 5.32 Å². The average molecular weight is 329 g/mol. The van der Waals surface area contributed by atoms with Gasteiger partial charge in [-0.15, -0.1) is 0 Å². The van der Waals surface area contributed by atoms with Crippen LogP contribution in [0, 0.1) is 11.8 Å². The summed E-state index contributed by atoms with van der Waals surface area (Å²) in [7, 11) is 0. The van der Waals surface area contributed by atoms with Crippen LogP contribution in [0.15, 0.2) is 12.1 Å². The van der Waals surface area contributed by atoms with Crippen molar-refractivity contribution in [2.45, 2.75) is 25.3 Å². The van der Waals surface area contributed by atoms with Crippen LogP contribution in [0.2, 0.25) is 10.0 Å². The summed E-state index contributed by atoms with van der Waals surface area (Å²) in [6, 6.07) is 3.42. The number of amides is 1. The molecular weight excluding hydrogens is 311 g/mol. The molecule has 1 aliphatic heterocycles. The van der Waals surface area contributed by atoms with Crippen molar-refractivity contribution >= 4 is 29.1 Å². The van der Waals surface area contributed by atoms with Gasteiger partial charge in [-0.25, -0.2) is 0 Å². The predicted molar refractivity (Wildman–Crippen MR) is 82.7 cm³/mol. The molecular formula is C15H18Cl2N2O2. The van der Waals surface area contributed by atoms with Crippen molar-refractivity contribution in [2.75, 3.05) is 13.2 Å². The van der Waals surface area contributed by atoms with Gasteiger partial charge in [0.05, 0.1) is 11.1 Å². The van der Waals surface area contributed by atoms with E-state index in [0.717, 1.165) is 24.8 Å². The van der Waals surface area contributed by atoms with Crippen molar-refractivity contribution in [3.05, 3.63) is 27.7 Å². The van der Waals surface area contributed by atoms with Crippen LogP contribution in [0.1, 0.15) is 30.9 Å². The smallest absolute Gasteiger partial charge is 0.224 e. The molecule has 0 bridgehead atoms. The van der Waals surface area contributed by atoms with Crippen LogP contribution in [-0.2, 0) is 4.79 Å². The van der Waals surface area contributed by atoms with Crippen LogP contribution in [0.5, 0.6) is 5.75 Å². The van der Waals surface area contributed by atoms with Gasteiger partial charge in [0.2, 0.25) is 5.91 Å². The third-order valence-electron chi connectivity index (χ3n) is 4.47. The minimum absolute atomic E-state index is 0.0156. The van der Waals surface area contributed by atoms with Gasteiger partial charge < -0.3 is 15.8 Å². The lowest BCUT2D eigenvalue weighted by atomic mass is 9.94. The van der Waals surface area contributed by atoms with Crippen molar-refractivity contribution in [2.24, 2.45) is 17.6 Å². The molecule has 1 aromatic carbocycles. The normalized spacial score (nSPS) is 27.3. The molecule has 114 valence electrons. The molecule has 1 amide bonds. The Hall–Kier alpha value is -0.970. The Labute approximate surface area is 133 Å². The Bertz CT molecular complexity index is 565. The number of fused-ring (bicyclic) bond motifs is 1. The monoisotopic (exact) mass is 328 g/mol. The molecule has 1 aliphatic carbocycles. The van der Waals surface area contributed by atoms with Gasteiger partial charge in [-0.05, 0) is 31.4 Å².